The van der Waals surface area contributed by atoms with E-state index in [9.17, 15) is 0 Å². The summed E-state index contributed by atoms with van der Waals surface area (Å²) in [5, 5.41) is 6.92. The molecule has 578 valence electrons. The molecule has 18 heterocycles. The van der Waals surface area contributed by atoms with Gasteiger partial charge >= 0.3 is 0 Å². The number of pyridine rings is 8. The predicted octanol–water partition coefficient (Wildman–Crippen LogP) is 18.8. The SMILES string of the molecule is c1cnc2c(-c3ccc4ccc5ccc(-c6c7nccnc7c(-c7ccc8ccc9ccc(-c%10c%11nccnc%11c(-c%11ccc%12ccc%13ccc(-c%14c%15nccnc%15c(-c%15ccc%16ccc%17ccc(-c%18c%19nccnc%19cc%19nccnc%18%19)nc%17c%16n%15)c%15nccnc%14%15)nc%13c%12n%11)c%11nccnc%10%11)nc9c8n7)c7nccnc67)nc5c4n3)c3nccnc3cc2n1. The Balaban J connectivity index is 0.572. The molecule has 27 rings (SSSR count). The van der Waals surface area contributed by atoms with Crippen LogP contribution in [0.2, 0.25) is 0 Å². The summed E-state index contributed by atoms with van der Waals surface area (Å²) in [6, 6.07) is 52.4. The third-order valence-corrected chi connectivity index (χ3v) is 23.6. The van der Waals surface area contributed by atoms with Crippen molar-refractivity contribution in [2.45, 2.75) is 0 Å². The monoisotopic (exact) mass is 1610 g/mol. The Labute approximate surface area is 704 Å². The maximum Gasteiger partial charge on any atom is 0.101 e. The second kappa shape index (κ2) is 26.6. The molecule has 0 amide bonds. The van der Waals surface area contributed by atoms with Crippen molar-refractivity contribution in [3.05, 3.63) is 282 Å². The highest BCUT2D eigenvalue weighted by atomic mass is 14.9. The van der Waals surface area contributed by atoms with E-state index in [1.807, 2.05) is 133 Å². The Morgan fingerprint density at radius 1 is 0.103 bits per heavy atom. The van der Waals surface area contributed by atoms with E-state index < -0.39 is 0 Å². The lowest BCUT2D eigenvalue weighted by Gasteiger charge is -2.16. The molecule has 0 saturated carbocycles. The number of fused-ring (bicyclic) bond motifs is 22. The van der Waals surface area contributed by atoms with Gasteiger partial charge in [0, 0.05) is 167 Å². The smallest absolute Gasteiger partial charge is 0.101 e. The number of hydrogen-bond acceptors (Lipinski definition) is 28. The average molecular weight is 1620 g/mol. The average Bonchev–Trinajstić information content (AvgIpc) is 0.731. The van der Waals surface area contributed by atoms with Crippen LogP contribution in [0.4, 0.5) is 0 Å². The first-order valence-corrected chi connectivity index (χ1v) is 40.1. The van der Waals surface area contributed by atoms with Gasteiger partial charge in [-0.1, -0.05) is 97.1 Å². The highest BCUT2D eigenvalue weighted by Crippen LogP contribution is 2.47. The van der Waals surface area contributed by atoms with E-state index in [-0.39, 0.29) is 0 Å². The molecule has 0 saturated heterocycles. The fourth-order valence-corrected chi connectivity index (χ4v) is 18.1. The zero-order valence-electron chi connectivity index (χ0n) is 65.1. The molecular formula is C98H46N28. The molecule has 0 fully saturated rings. The summed E-state index contributed by atoms with van der Waals surface area (Å²) in [7, 11) is 0. The molecule has 0 N–H and O–H groups in total. The van der Waals surface area contributed by atoms with Crippen LogP contribution in [-0.2, 0) is 0 Å². The Morgan fingerprint density at radius 3 is 0.357 bits per heavy atom. The second-order valence-electron chi connectivity index (χ2n) is 30.4. The van der Waals surface area contributed by atoms with Gasteiger partial charge in [0.2, 0.25) is 0 Å². The van der Waals surface area contributed by atoms with Crippen molar-refractivity contribution in [2.24, 2.45) is 0 Å². The van der Waals surface area contributed by atoms with Crippen molar-refractivity contribution in [1.82, 2.24) is 140 Å². The van der Waals surface area contributed by atoms with Gasteiger partial charge in [0.15, 0.2) is 0 Å². The van der Waals surface area contributed by atoms with E-state index in [4.69, 9.17) is 120 Å². The van der Waals surface area contributed by atoms with E-state index in [2.05, 4.69) is 44.2 Å². The second-order valence-corrected chi connectivity index (χ2v) is 30.4. The fraction of sp³-hybridized carbons (Fsp3) is 0. The Bertz CT molecular complexity index is 8760. The number of aromatic nitrogens is 28. The number of hydrogen-bond donors (Lipinski definition) is 0. The molecule has 27 aromatic rings. The molecule has 0 radical (unpaired) electrons. The lowest BCUT2D eigenvalue weighted by Crippen LogP contribution is -2.01. The first kappa shape index (κ1) is 68.6. The van der Waals surface area contributed by atoms with Crippen LogP contribution in [0.15, 0.2) is 282 Å². The van der Waals surface area contributed by atoms with Crippen molar-refractivity contribution in [3.8, 4) is 90.1 Å². The van der Waals surface area contributed by atoms with Crippen molar-refractivity contribution in [1.29, 1.82) is 0 Å². The predicted molar refractivity (Wildman–Crippen MR) is 483 cm³/mol. The Morgan fingerprint density at radius 2 is 0.214 bits per heavy atom. The van der Waals surface area contributed by atoms with E-state index in [1.54, 1.807) is 124 Å². The van der Waals surface area contributed by atoms with Gasteiger partial charge in [0.1, 0.15) is 88.3 Å². The van der Waals surface area contributed by atoms with Crippen molar-refractivity contribution >= 4 is 198 Å². The lowest BCUT2D eigenvalue weighted by molar-refractivity contribution is 1.25. The third-order valence-electron chi connectivity index (χ3n) is 23.6. The van der Waals surface area contributed by atoms with E-state index in [0.717, 1.165) is 54.2 Å². The van der Waals surface area contributed by atoms with Crippen LogP contribution >= 0.6 is 0 Å². The van der Waals surface area contributed by atoms with Crippen LogP contribution in [0.1, 0.15) is 0 Å². The number of rotatable bonds is 8. The molecule has 18 aromatic heterocycles. The summed E-state index contributed by atoms with van der Waals surface area (Å²) < 4.78 is 0. The third kappa shape index (κ3) is 10.3. The Hall–Kier alpha value is -18.3. The van der Waals surface area contributed by atoms with Crippen LogP contribution in [0.25, 0.3) is 288 Å². The summed E-state index contributed by atoms with van der Waals surface area (Å²) in [4.78, 5) is 143. The molecule has 0 aliphatic heterocycles. The van der Waals surface area contributed by atoms with Crippen molar-refractivity contribution < 1.29 is 0 Å². The van der Waals surface area contributed by atoms with Crippen LogP contribution in [0.3, 0.4) is 0 Å². The number of benzene rings is 9. The molecule has 9 aromatic carbocycles. The highest BCUT2D eigenvalue weighted by Gasteiger charge is 2.30. The fourth-order valence-electron chi connectivity index (χ4n) is 18.1. The standard InChI is InChI=1S/C98H46N28/c1-3-49-11-19-57(121-77(49)75-47(1)9-17-55(119-75)67-83-63(99-25-29-103-83)45-64-84(67)104-30-26-100-64)69-87-91(111-37-33-107-87)71(92-88(69)108-34-38-112-92)59-21-13-51-5-7-53-15-23-61(125-81(53)79(51)123-59)73-95-97(117-43-41-115-95)74(98-96(73)116-42-44-118-98)62-24-16-54-8-6-52-14-22-60(124-80(52)82(54)126-62)72-93-89(109-35-39-113-93)70(90-94(72)114-40-36-110-90)58-20-12-50-4-2-48-10-18-56(120-76(48)78(50)122-58)68-85-65(101-27-31-105-85)46-66-86(68)106-32-28-102-66/h1-46H. The topological polar surface area (TPSA) is 361 Å². The first-order valence-electron chi connectivity index (χ1n) is 40.1. The summed E-state index contributed by atoms with van der Waals surface area (Å²) in [6.07, 6.45) is 33.5. The van der Waals surface area contributed by atoms with Crippen LogP contribution in [0.5, 0.6) is 0 Å². The summed E-state index contributed by atoms with van der Waals surface area (Å²) in [5.41, 5.74) is 27.1. The van der Waals surface area contributed by atoms with Crippen LogP contribution in [0, 0.1) is 0 Å². The summed E-state index contributed by atoms with van der Waals surface area (Å²) >= 11 is 0. The van der Waals surface area contributed by atoms with Gasteiger partial charge < -0.3 is 0 Å². The summed E-state index contributed by atoms with van der Waals surface area (Å²) in [5.74, 6) is 0. The van der Waals surface area contributed by atoms with Gasteiger partial charge in [-0.05, 0) is 60.7 Å². The quantitative estimate of drug-likeness (QED) is 0.101. The molecule has 0 bridgehead atoms. The van der Waals surface area contributed by atoms with E-state index in [0.29, 0.717) is 233 Å². The largest absolute Gasteiger partial charge is 0.253 e. The number of nitrogens with zero attached hydrogens (tertiary/aromatic N) is 28. The highest BCUT2D eigenvalue weighted by molar-refractivity contribution is 6.22. The maximum absolute atomic E-state index is 5.57. The molecule has 0 aliphatic rings. The van der Waals surface area contributed by atoms with Gasteiger partial charge in [-0.2, -0.15) is 0 Å². The van der Waals surface area contributed by atoms with E-state index >= 15 is 0 Å². The lowest BCUT2D eigenvalue weighted by atomic mass is 9.97. The molecule has 0 unspecified atom stereocenters. The van der Waals surface area contributed by atoms with Gasteiger partial charge in [-0.3, -0.25) is 99.7 Å². The van der Waals surface area contributed by atoms with E-state index in [1.165, 1.54) is 0 Å². The molecule has 28 heteroatoms. The zero-order valence-corrected chi connectivity index (χ0v) is 65.1. The molecule has 0 atom stereocenters. The normalized spacial score (nSPS) is 12.1. The minimum Gasteiger partial charge on any atom is -0.253 e. The maximum atomic E-state index is 5.57. The van der Waals surface area contributed by atoms with Crippen molar-refractivity contribution in [2.75, 3.05) is 0 Å². The minimum absolute atomic E-state index is 0.534. The molecule has 126 heavy (non-hydrogen) atoms. The van der Waals surface area contributed by atoms with Gasteiger partial charge in [0.25, 0.3) is 0 Å². The molecular weight excluding hydrogens is 1570 g/mol. The Kier molecular flexibility index (Phi) is 14.5. The first-order chi connectivity index (χ1) is 62.5. The molecule has 0 aliphatic carbocycles. The van der Waals surface area contributed by atoms with Crippen LogP contribution < -0.4 is 0 Å². The van der Waals surface area contributed by atoms with Gasteiger partial charge in [-0.15, -0.1) is 0 Å². The summed E-state index contributed by atoms with van der Waals surface area (Å²) in [6.45, 7) is 0. The van der Waals surface area contributed by atoms with Gasteiger partial charge in [0.05, 0.1) is 156 Å². The van der Waals surface area contributed by atoms with Crippen LogP contribution in [-0.4, -0.2) is 140 Å². The molecule has 0 spiro atoms. The zero-order chi connectivity index (χ0) is 82.3. The van der Waals surface area contributed by atoms with Crippen molar-refractivity contribution in [3.63, 3.8) is 0 Å². The minimum atomic E-state index is 0.534. The van der Waals surface area contributed by atoms with Gasteiger partial charge in [-0.25, -0.2) is 39.9 Å². The molecule has 28 nitrogen and oxygen atoms in total.